The highest BCUT2D eigenvalue weighted by atomic mass is 32.1. The first-order chi connectivity index (χ1) is 6.65. The van der Waals surface area contributed by atoms with E-state index in [2.05, 4.69) is 23.8 Å². The minimum atomic E-state index is 0.627. The van der Waals surface area contributed by atoms with Crippen molar-refractivity contribution < 1.29 is 0 Å². The highest BCUT2D eigenvalue weighted by Gasteiger charge is 2.24. The highest BCUT2D eigenvalue weighted by Crippen LogP contribution is 2.38. The number of rotatable bonds is 3. The van der Waals surface area contributed by atoms with E-state index in [0.717, 1.165) is 22.8 Å². The van der Waals surface area contributed by atoms with E-state index in [4.69, 9.17) is 12.2 Å². The van der Waals surface area contributed by atoms with Gasteiger partial charge in [0.25, 0.3) is 0 Å². The van der Waals surface area contributed by atoms with E-state index in [1.807, 2.05) is 6.07 Å². The molecule has 0 spiro atoms. The smallest absolute Gasteiger partial charge is 0.129 e. The zero-order valence-corrected chi connectivity index (χ0v) is 9.53. The summed E-state index contributed by atoms with van der Waals surface area (Å²) in [7, 11) is 0. The molecular formula is C11H16N2S. The fraction of sp³-hybridized carbons (Fsp3) is 0.636. The van der Waals surface area contributed by atoms with Crippen LogP contribution in [0.4, 0.5) is 0 Å². The molecular weight excluding hydrogens is 192 g/mol. The summed E-state index contributed by atoms with van der Waals surface area (Å²) < 4.78 is 0.737. The molecule has 1 aliphatic carbocycles. The van der Waals surface area contributed by atoms with Crippen molar-refractivity contribution in [1.29, 1.82) is 0 Å². The number of hydrogen-bond donors (Lipinski definition) is 1. The Kier molecular flexibility index (Phi) is 2.68. The predicted molar refractivity (Wildman–Crippen MR) is 59.9 cm³/mol. The van der Waals surface area contributed by atoms with Gasteiger partial charge in [0.1, 0.15) is 10.5 Å². The Morgan fingerprint density at radius 2 is 2.29 bits per heavy atom. The molecule has 1 heterocycles. The lowest BCUT2D eigenvalue weighted by Gasteiger charge is -2.06. The van der Waals surface area contributed by atoms with Crippen LogP contribution in [0.1, 0.15) is 44.1 Å². The van der Waals surface area contributed by atoms with E-state index >= 15 is 0 Å². The van der Waals surface area contributed by atoms with E-state index in [1.54, 1.807) is 0 Å². The lowest BCUT2D eigenvalue weighted by atomic mass is 10.1. The number of hydrogen-bond acceptors (Lipinski definition) is 2. The third-order valence-corrected chi connectivity index (χ3v) is 2.64. The Hall–Kier alpha value is -0.700. The van der Waals surface area contributed by atoms with Gasteiger partial charge in [0.15, 0.2) is 0 Å². The molecule has 2 nitrogen and oxygen atoms in total. The summed E-state index contributed by atoms with van der Waals surface area (Å²) in [6.07, 6.45) is 3.59. The molecule has 0 saturated heterocycles. The second kappa shape index (κ2) is 3.81. The SMILES string of the molecule is CC(C)Cc1nc(=S)cc(C2CC2)[nH]1. The van der Waals surface area contributed by atoms with Crippen LogP contribution in [-0.4, -0.2) is 9.97 Å². The number of H-pyrrole nitrogens is 1. The molecule has 0 atom stereocenters. The van der Waals surface area contributed by atoms with Gasteiger partial charge < -0.3 is 4.98 Å². The minimum Gasteiger partial charge on any atom is -0.347 e. The van der Waals surface area contributed by atoms with Crippen LogP contribution in [0.15, 0.2) is 6.07 Å². The largest absolute Gasteiger partial charge is 0.347 e. The zero-order valence-electron chi connectivity index (χ0n) is 8.71. The third-order valence-electron chi connectivity index (χ3n) is 2.43. The minimum absolute atomic E-state index is 0.627. The van der Waals surface area contributed by atoms with Crippen molar-refractivity contribution in [3.05, 3.63) is 22.2 Å². The number of aromatic amines is 1. The molecule has 0 aromatic carbocycles. The van der Waals surface area contributed by atoms with E-state index in [9.17, 15) is 0 Å². The molecule has 3 heteroatoms. The molecule has 1 aromatic rings. The van der Waals surface area contributed by atoms with Crippen LogP contribution >= 0.6 is 12.2 Å². The first-order valence-electron chi connectivity index (χ1n) is 5.25. The van der Waals surface area contributed by atoms with Crippen LogP contribution in [0.5, 0.6) is 0 Å². The van der Waals surface area contributed by atoms with Crippen molar-refractivity contribution in [3.63, 3.8) is 0 Å². The van der Waals surface area contributed by atoms with Gasteiger partial charge in [-0.05, 0) is 30.7 Å². The first kappa shape index (κ1) is 9.84. The van der Waals surface area contributed by atoms with Gasteiger partial charge in [-0.25, -0.2) is 4.98 Å². The van der Waals surface area contributed by atoms with Crippen LogP contribution in [0.3, 0.4) is 0 Å². The molecule has 1 aromatic heterocycles. The van der Waals surface area contributed by atoms with Crippen molar-refractivity contribution in [2.45, 2.75) is 39.0 Å². The Morgan fingerprint density at radius 3 is 2.86 bits per heavy atom. The van der Waals surface area contributed by atoms with Crippen LogP contribution in [0.2, 0.25) is 0 Å². The number of aromatic nitrogens is 2. The second-order valence-corrected chi connectivity index (χ2v) is 4.91. The van der Waals surface area contributed by atoms with Crippen molar-refractivity contribution >= 4 is 12.2 Å². The summed E-state index contributed by atoms with van der Waals surface area (Å²) in [5.41, 5.74) is 1.29. The van der Waals surface area contributed by atoms with E-state index < -0.39 is 0 Å². The van der Waals surface area contributed by atoms with Crippen molar-refractivity contribution in [1.82, 2.24) is 9.97 Å². The van der Waals surface area contributed by atoms with Crippen LogP contribution in [0, 0.1) is 10.6 Å². The summed E-state index contributed by atoms with van der Waals surface area (Å²) in [6.45, 7) is 4.39. The Labute approximate surface area is 89.8 Å². The molecule has 0 bridgehead atoms. The quantitative estimate of drug-likeness (QED) is 0.773. The van der Waals surface area contributed by atoms with Gasteiger partial charge >= 0.3 is 0 Å². The van der Waals surface area contributed by atoms with Crippen LogP contribution in [-0.2, 0) is 6.42 Å². The third kappa shape index (κ3) is 2.41. The fourth-order valence-electron chi connectivity index (χ4n) is 1.63. The van der Waals surface area contributed by atoms with Gasteiger partial charge in [-0.3, -0.25) is 0 Å². The molecule has 1 aliphatic rings. The van der Waals surface area contributed by atoms with Gasteiger partial charge in [-0.2, -0.15) is 0 Å². The normalized spacial score (nSPS) is 16.2. The van der Waals surface area contributed by atoms with E-state index in [0.29, 0.717) is 5.92 Å². The molecule has 0 unspecified atom stereocenters. The molecule has 2 rings (SSSR count). The first-order valence-corrected chi connectivity index (χ1v) is 5.66. The Morgan fingerprint density at radius 1 is 1.57 bits per heavy atom. The topological polar surface area (TPSA) is 28.7 Å². The van der Waals surface area contributed by atoms with Crippen molar-refractivity contribution in [3.8, 4) is 0 Å². The summed E-state index contributed by atoms with van der Waals surface area (Å²) in [5, 5.41) is 0. The zero-order chi connectivity index (χ0) is 10.1. The van der Waals surface area contributed by atoms with Gasteiger partial charge in [0.2, 0.25) is 0 Å². The second-order valence-electron chi connectivity index (χ2n) is 4.49. The van der Waals surface area contributed by atoms with E-state index in [-0.39, 0.29) is 0 Å². The molecule has 76 valence electrons. The van der Waals surface area contributed by atoms with Crippen LogP contribution < -0.4 is 0 Å². The standard InChI is InChI=1S/C11H16N2S/c1-7(2)5-10-12-9(8-3-4-8)6-11(14)13-10/h6-8H,3-5H2,1-2H3,(H,12,13,14). The average molecular weight is 208 g/mol. The Balaban J connectivity index is 2.26. The lowest BCUT2D eigenvalue weighted by Crippen LogP contribution is -2.03. The van der Waals surface area contributed by atoms with Gasteiger partial charge in [0.05, 0.1) is 0 Å². The van der Waals surface area contributed by atoms with Crippen LogP contribution in [0.25, 0.3) is 0 Å². The maximum atomic E-state index is 5.16. The molecule has 1 N–H and O–H groups in total. The molecule has 1 saturated carbocycles. The fourth-order valence-corrected chi connectivity index (χ4v) is 1.86. The van der Waals surface area contributed by atoms with Gasteiger partial charge in [-0.15, -0.1) is 0 Å². The van der Waals surface area contributed by atoms with Crippen molar-refractivity contribution in [2.24, 2.45) is 5.92 Å². The summed E-state index contributed by atoms with van der Waals surface area (Å²) in [5.74, 6) is 2.41. The van der Waals surface area contributed by atoms with E-state index in [1.165, 1.54) is 18.5 Å². The summed E-state index contributed by atoms with van der Waals surface area (Å²) in [4.78, 5) is 7.74. The van der Waals surface area contributed by atoms with Gasteiger partial charge in [-0.1, -0.05) is 26.1 Å². The lowest BCUT2D eigenvalue weighted by molar-refractivity contribution is 0.616. The molecule has 1 fully saturated rings. The number of nitrogens with zero attached hydrogens (tertiary/aromatic N) is 1. The maximum Gasteiger partial charge on any atom is 0.129 e. The molecule has 0 amide bonds. The summed E-state index contributed by atoms with van der Waals surface area (Å²) in [6, 6.07) is 2.01. The Bertz CT molecular complexity index is 377. The molecule has 0 radical (unpaired) electrons. The monoisotopic (exact) mass is 208 g/mol. The predicted octanol–water partition coefficient (Wildman–Crippen LogP) is 3.22. The summed E-state index contributed by atoms with van der Waals surface area (Å²) >= 11 is 5.16. The molecule has 14 heavy (non-hydrogen) atoms. The molecule has 0 aliphatic heterocycles. The number of nitrogens with one attached hydrogen (secondary N) is 1. The van der Waals surface area contributed by atoms with Gasteiger partial charge in [0, 0.05) is 12.1 Å². The highest BCUT2D eigenvalue weighted by molar-refractivity contribution is 7.71. The maximum absolute atomic E-state index is 5.16. The van der Waals surface area contributed by atoms with Crippen molar-refractivity contribution in [2.75, 3.05) is 0 Å². The average Bonchev–Trinajstić information content (AvgIpc) is 2.82.